The van der Waals surface area contributed by atoms with Crippen LogP contribution in [0.1, 0.15) is 37.7 Å². The molecule has 0 aromatic carbocycles. The van der Waals surface area contributed by atoms with Crippen LogP contribution in [0.5, 0.6) is 0 Å². The summed E-state index contributed by atoms with van der Waals surface area (Å²) in [6.07, 6.45) is 2.55. The Bertz CT molecular complexity index is 295. The van der Waals surface area contributed by atoms with Crippen LogP contribution >= 0.6 is 11.3 Å². The smallest absolute Gasteiger partial charge is 0.105 e. The molecule has 0 radical (unpaired) electrons. The summed E-state index contributed by atoms with van der Waals surface area (Å²) in [5, 5.41) is 5.60. The van der Waals surface area contributed by atoms with Gasteiger partial charge >= 0.3 is 0 Å². The molecule has 2 atom stereocenters. The third-order valence-electron chi connectivity index (χ3n) is 2.89. The van der Waals surface area contributed by atoms with Crippen LogP contribution in [-0.4, -0.2) is 18.7 Å². The lowest BCUT2D eigenvalue weighted by Gasteiger charge is -2.39. The molecule has 3 heteroatoms. The quantitative estimate of drug-likeness (QED) is 0.854. The molecule has 2 rings (SSSR count). The summed E-state index contributed by atoms with van der Waals surface area (Å²) in [6.45, 7) is 6.34. The first kappa shape index (κ1) is 11.1. The van der Waals surface area contributed by atoms with E-state index in [1.165, 1.54) is 11.3 Å². The number of hydrogen-bond acceptors (Lipinski definition) is 3. The summed E-state index contributed by atoms with van der Waals surface area (Å²) >= 11 is 1.78. The van der Waals surface area contributed by atoms with Gasteiger partial charge in [0.25, 0.3) is 0 Å². The van der Waals surface area contributed by atoms with E-state index in [0.717, 1.165) is 19.5 Å². The van der Waals surface area contributed by atoms with E-state index in [-0.39, 0.29) is 11.7 Å². The lowest BCUT2D eigenvalue weighted by atomic mass is 9.98. The Morgan fingerprint density at radius 2 is 2.53 bits per heavy atom. The standard InChI is InChI=1S/C12H19NOS/c1-3-6-12(2)9-13-8-10(14-12)11-5-4-7-15-11/h4-5,7,10,13H,3,6,8-9H2,1-2H3. The second kappa shape index (κ2) is 4.64. The van der Waals surface area contributed by atoms with Crippen molar-refractivity contribution in [3.63, 3.8) is 0 Å². The van der Waals surface area contributed by atoms with Crippen LogP contribution in [0.3, 0.4) is 0 Å². The third kappa shape index (κ3) is 2.60. The fraction of sp³-hybridized carbons (Fsp3) is 0.667. The molecule has 0 spiro atoms. The van der Waals surface area contributed by atoms with Crippen LogP contribution in [0.25, 0.3) is 0 Å². The Balaban J connectivity index is 2.04. The molecule has 1 aromatic heterocycles. The van der Waals surface area contributed by atoms with Crippen molar-refractivity contribution in [1.29, 1.82) is 0 Å². The predicted molar refractivity (Wildman–Crippen MR) is 64.3 cm³/mol. The lowest BCUT2D eigenvalue weighted by molar-refractivity contribution is -0.110. The Morgan fingerprint density at radius 1 is 1.67 bits per heavy atom. The maximum absolute atomic E-state index is 6.21. The second-order valence-electron chi connectivity index (χ2n) is 4.45. The van der Waals surface area contributed by atoms with Crippen molar-refractivity contribution < 1.29 is 4.74 Å². The van der Waals surface area contributed by atoms with Crippen molar-refractivity contribution in [2.45, 2.75) is 38.4 Å². The van der Waals surface area contributed by atoms with Crippen molar-refractivity contribution in [1.82, 2.24) is 5.32 Å². The van der Waals surface area contributed by atoms with Gasteiger partial charge in [-0.2, -0.15) is 0 Å². The van der Waals surface area contributed by atoms with Crippen molar-refractivity contribution in [3.05, 3.63) is 22.4 Å². The summed E-state index contributed by atoms with van der Waals surface area (Å²) in [6, 6.07) is 4.25. The highest BCUT2D eigenvalue weighted by Crippen LogP contribution is 2.32. The highest BCUT2D eigenvalue weighted by molar-refractivity contribution is 7.10. The van der Waals surface area contributed by atoms with Gasteiger partial charge < -0.3 is 10.1 Å². The van der Waals surface area contributed by atoms with Crippen molar-refractivity contribution >= 4 is 11.3 Å². The van der Waals surface area contributed by atoms with Gasteiger partial charge in [-0.3, -0.25) is 0 Å². The maximum Gasteiger partial charge on any atom is 0.105 e. The van der Waals surface area contributed by atoms with Crippen LogP contribution in [0, 0.1) is 0 Å². The van der Waals surface area contributed by atoms with Crippen molar-refractivity contribution in [2.75, 3.05) is 13.1 Å². The van der Waals surface area contributed by atoms with Gasteiger partial charge in [-0.1, -0.05) is 19.4 Å². The molecular weight excluding hydrogens is 206 g/mol. The normalized spacial score (nSPS) is 31.7. The molecule has 0 amide bonds. The molecule has 1 fully saturated rings. The SMILES string of the molecule is CCCC1(C)CNCC(c2cccs2)O1. The van der Waals surface area contributed by atoms with Crippen molar-refractivity contribution in [3.8, 4) is 0 Å². The number of morpholine rings is 1. The van der Waals surface area contributed by atoms with Crippen LogP contribution in [0.2, 0.25) is 0 Å². The summed E-state index contributed by atoms with van der Waals surface area (Å²) in [7, 11) is 0. The highest BCUT2D eigenvalue weighted by Gasteiger charge is 2.32. The first-order valence-electron chi connectivity index (χ1n) is 5.65. The summed E-state index contributed by atoms with van der Waals surface area (Å²) < 4.78 is 6.21. The van der Waals surface area contributed by atoms with Gasteiger partial charge in [0.2, 0.25) is 0 Å². The van der Waals surface area contributed by atoms with E-state index in [0.29, 0.717) is 0 Å². The Morgan fingerprint density at radius 3 is 3.20 bits per heavy atom. The number of thiophene rings is 1. The molecule has 84 valence electrons. The number of ether oxygens (including phenoxy) is 1. The molecule has 2 nitrogen and oxygen atoms in total. The van der Waals surface area contributed by atoms with E-state index in [1.54, 1.807) is 11.3 Å². The zero-order chi connectivity index (χ0) is 10.7. The minimum atomic E-state index is 0.0155. The molecule has 1 aliphatic rings. The van der Waals surface area contributed by atoms with Crippen LogP contribution < -0.4 is 5.32 Å². The molecule has 0 aliphatic carbocycles. The van der Waals surface area contributed by atoms with Gasteiger partial charge in [0, 0.05) is 18.0 Å². The third-order valence-corrected chi connectivity index (χ3v) is 3.86. The van der Waals surface area contributed by atoms with Gasteiger partial charge in [-0.25, -0.2) is 0 Å². The molecule has 0 saturated carbocycles. The van der Waals surface area contributed by atoms with Crippen LogP contribution in [0.15, 0.2) is 17.5 Å². The van der Waals surface area contributed by atoms with Crippen molar-refractivity contribution in [2.24, 2.45) is 0 Å². The first-order valence-corrected chi connectivity index (χ1v) is 6.53. The molecule has 1 saturated heterocycles. The molecule has 1 N–H and O–H groups in total. The zero-order valence-corrected chi connectivity index (χ0v) is 10.3. The fourth-order valence-electron chi connectivity index (χ4n) is 2.20. The first-order chi connectivity index (χ1) is 7.23. The largest absolute Gasteiger partial charge is 0.364 e. The Labute approximate surface area is 95.6 Å². The number of rotatable bonds is 3. The van der Waals surface area contributed by atoms with Gasteiger partial charge in [0.1, 0.15) is 6.10 Å². The van der Waals surface area contributed by atoms with E-state index < -0.39 is 0 Å². The molecule has 2 unspecified atom stereocenters. The Kier molecular flexibility index (Phi) is 3.44. The summed E-state index contributed by atoms with van der Waals surface area (Å²) in [5.41, 5.74) is 0.0155. The Hall–Kier alpha value is -0.380. The van der Waals surface area contributed by atoms with Crippen LogP contribution in [0.4, 0.5) is 0 Å². The van der Waals surface area contributed by atoms with Crippen LogP contribution in [-0.2, 0) is 4.74 Å². The molecule has 15 heavy (non-hydrogen) atoms. The van der Waals surface area contributed by atoms with E-state index in [1.807, 2.05) is 0 Å². The number of hydrogen-bond donors (Lipinski definition) is 1. The van der Waals surface area contributed by atoms with E-state index in [9.17, 15) is 0 Å². The minimum absolute atomic E-state index is 0.0155. The van der Waals surface area contributed by atoms with E-state index >= 15 is 0 Å². The average molecular weight is 225 g/mol. The maximum atomic E-state index is 6.21. The zero-order valence-electron chi connectivity index (χ0n) is 9.45. The monoisotopic (exact) mass is 225 g/mol. The van der Waals surface area contributed by atoms with Gasteiger partial charge in [-0.15, -0.1) is 11.3 Å². The summed E-state index contributed by atoms with van der Waals surface area (Å²) in [5.74, 6) is 0. The fourth-order valence-corrected chi connectivity index (χ4v) is 2.96. The van der Waals surface area contributed by atoms with Gasteiger partial charge in [0.05, 0.1) is 5.60 Å². The molecule has 1 aromatic rings. The minimum Gasteiger partial charge on any atom is -0.364 e. The predicted octanol–water partition coefficient (Wildman–Crippen LogP) is 2.97. The molecular formula is C12H19NOS. The van der Waals surface area contributed by atoms with E-state index in [4.69, 9.17) is 4.74 Å². The number of nitrogens with one attached hydrogen (secondary N) is 1. The molecule has 1 aliphatic heterocycles. The summed E-state index contributed by atoms with van der Waals surface area (Å²) in [4.78, 5) is 1.34. The van der Waals surface area contributed by atoms with Gasteiger partial charge in [-0.05, 0) is 24.8 Å². The highest BCUT2D eigenvalue weighted by atomic mass is 32.1. The topological polar surface area (TPSA) is 21.3 Å². The van der Waals surface area contributed by atoms with Gasteiger partial charge in [0.15, 0.2) is 0 Å². The van der Waals surface area contributed by atoms with E-state index in [2.05, 4.69) is 36.7 Å². The molecule has 2 heterocycles. The second-order valence-corrected chi connectivity index (χ2v) is 5.43. The average Bonchev–Trinajstić information content (AvgIpc) is 2.70. The lowest BCUT2D eigenvalue weighted by Crippen LogP contribution is -2.48. The molecule has 0 bridgehead atoms.